The smallest absolute Gasteiger partial charge is 0.327 e. The number of rotatable bonds is 1. The van der Waals surface area contributed by atoms with E-state index in [1.807, 2.05) is 0 Å². The van der Waals surface area contributed by atoms with Crippen LogP contribution in [0.5, 0.6) is 0 Å². The first-order chi connectivity index (χ1) is 4.15. The Bertz CT molecular complexity index is 164. The summed E-state index contributed by atoms with van der Waals surface area (Å²) in [5, 5.41) is 8.50. The van der Waals surface area contributed by atoms with Gasteiger partial charge in [0.2, 0.25) is 0 Å². The third-order valence-corrected chi connectivity index (χ3v) is 1.54. The molecule has 0 bridgehead atoms. The highest BCUT2D eigenvalue weighted by atomic mass is 16.4. The lowest BCUT2D eigenvalue weighted by atomic mass is 10.0. The number of hydrogen-bond donors (Lipinski definition) is 2. The largest absolute Gasteiger partial charge is 0.480 e. The molecule has 0 aromatic heterocycles. The van der Waals surface area contributed by atoms with Gasteiger partial charge in [-0.3, -0.25) is 0 Å². The zero-order chi connectivity index (χ0) is 6.91. The maximum Gasteiger partial charge on any atom is 0.327 e. The Kier molecular flexibility index (Phi) is 1.29. The van der Waals surface area contributed by atoms with Crippen molar-refractivity contribution in [2.75, 3.05) is 0 Å². The zero-order valence-corrected chi connectivity index (χ0v) is 5.00. The first-order valence-electron chi connectivity index (χ1n) is 2.85. The predicted octanol–water partition coefficient (Wildman–Crippen LogP) is 0.118. The van der Waals surface area contributed by atoms with Gasteiger partial charge in [0.05, 0.1) is 0 Å². The highest BCUT2D eigenvalue weighted by Gasteiger charge is 2.32. The quantitative estimate of drug-likeness (QED) is 0.492. The maximum absolute atomic E-state index is 10.3. The number of hydrogen-bond acceptors (Lipinski definition) is 2. The standard InChI is InChI=1S/C6H9NO2/c7-6(5(8)9)3-1-2-4-6/h1,3H,2,4,7H2,(H,8,9)/t6-/m1/s1. The molecule has 0 amide bonds. The van der Waals surface area contributed by atoms with Crippen molar-refractivity contribution < 1.29 is 9.90 Å². The minimum Gasteiger partial charge on any atom is -0.480 e. The Morgan fingerprint density at radius 3 is 2.67 bits per heavy atom. The van der Waals surface area contributed by atoms with Gasteiger partial charge in [-0.1, -0.05) is 12.2 Å². The van der Waals surface area contributed by atoms with Gasteiger partial charge in [-0.25, -0.2) is 4.79 Å². The molecular weight excluding hydrogens is 118 g/mol. The third-order valence-electron chi connectivity index (χ3n) is 1.54. The van der Waals surface area contributed by atoms with Gasteiger partial charge < -0.3 is 10.8 Å². The number of nitrogens with two attached hydrogens (primary N) is 1. The molecule has 3 N–H and O–H groups in total. The lowest BCUT2D eigenvalue weighted by Gasteiger charge is -2.13. The van der Waals surface area contributed by atoms with Gasteiger partial charge >= 0.3 is 5.97 Å². The van der Waals surface area contributed by atoms with Gasteiger partial charge in [0.15, 0.2) is 0 Å². The number of allylic oxidation sites excluding steroid dienone is 1. The predicted molar refractivity (Wildman–Crippen MR) is 32.9 cm³/mol. The fourth-order valence-corrected chi connectivity index (χ4v) is 0.877. The van der Waals surface area contributed by atoms with Gasteiger partial charge in [-0.15, -0.1) is 0 Å². The van der Waals surface area contributed by atoms with Crippen LogP contribution < -0.4 is 5.73 Å². The molecule has 0 unspecified atom stereocenters. The first-order valence-corrected chi connectivity index (χ1v) is 2.85. The molecule has 0 saturated carbocycles. The normalized spacial score (nSPS) is 33.0. The molecule has 1 aliphatic rings. The van der Waals surface area contributed by atoms with E-state index < -0.39 is 11.5 Å². The lowest BCUT2D eigenvalue weighted by molar-refractivity contribution is -0.141. The molecule has 50 valence electrons. The number of carboxylic acids is 1. The van der Waals surface area contributed by atoms with Crippen molar-refractivity contribution in [3.8, 4) is 0 Å². The van der Waals surface area contributed by atoms with Gasteiger partial charge in [0.1, 0.15) is 5.54 Å². The van der Waals surface area contributed by atoms with Crippen molar-refractivity contribution in [2.45, 2.75) is 18.4 Å². The second-order valence-electron chi connectivity index (χ2n) is 2.29. The molecule has 1 aliphatic carbocycles. The monoisotopic (exact) mass is 127 g/mol. The summed E-state index contributed by atoms with van der Waals surface area (Å²) in [5.41, 5.74) is 4.35. The van der Waals surface area contributed by atoms with E-state index >= 15 is 0 Å². The SMILES string of the molecule is N[C@]1(C(=O)O)C=CCC1. The van der Waals surface area contributed by atoms with E-state index in [0.29, 0.717) is 6.42 Å². The van der Waals surface area contributed by atoms with Crippen molar-refractivity contribution in [1.82, 2.24) is 0 Å². The van der Waals surface area contributed by atoms with E-state index in [-0.39, 0.29) is 0 Å². The molecule has 0 fully saturated rings. The van der Waals surface area contributed by atoms with Crippen molar-refractivity contribution in [2.24, 2.45) is 5.73 Å². The van der Waals surface area contributed by atoms with Crippen molar-refractivity contribution in [3.05, 3.63) is 12.2 Å². The van der Waals surface area contributed by atoms with E-state index in [9.17, 15) is 4.79 Å². The Hall–Kier alpha value is -0.830. The van der Waals surface area contributed by atoms with Crippen LogP contribution >= 0.6 is 0 Å². The average molecular weight is 127 g/mol. The summed E-state index contributed by atoms with van der Waals surface area (Å²) >= 11 is 0. The van der Waals surface area contributed by atoms with Crippen LogP contribution in [-0.4, -0.2) is 16.6 Å². The highest BCUT2D eigenvalue weighted by molar-refractivity contribution is 5.81. The Morgan fingerprint density at radius 2 is 2.44 bits per heavy atom. The molecule has 9 heavy (non-hydrogen) atoms. The Labute approximate surface area is 53.2 Å². The van der Waals surface area contributed by atoms with Crippen LogP contribution in [0.4, 0.5) is 0 Å². The van der Waals surface area contributed by atoms with E-state index in [1.54, 1.807) is 12.2 Å². The topological polar surface area (TPSA) is 63.3 Å². The second-order valence-corrected chi connectivity index (χ2v) is 2.29. The van der Waals surface area contributed by atoms with Crippen LogP contribution in [0, 0.1) is 0 Å². The van der Waals surface area contributed by atoms with Crippen molar-refractivity contribution >= 4 is 5.97 Å². The van der Waals surface area contributed by atoms with Gasteiger partial charge in [0, 0.05) is 0 Å². The van der Waals surface area contributed by atoms with E-state index in [4.69, 9.17) is 10.8 Å². The van der Waals surface area contributed by atoms with Crippen LogP contribution in [0.25, 0.3) is 0 Å². The van der Waals surface area contributed by atoms with Crippen LogP contribution in [-0.2, 0) is 4.79 Å². The van der Waals surface area contributed by atoms with Crippen molar-refractivity contribution in [1.29, 1.82) is 0 Å². The van der Waals surface area contributed by atoms with Crippen LogP contribution in [0.15, 0.2) is 12.2 Å². The third kappa shape index (κ3) is 0.954. The summed E-state index contributed by atoms with van der Waals surface area (Å²) in [6.07, 6.45) is 4.66. The average Bonchev–Trinajstić information content (AvgIpc) is 2.16. The lowest BCUT2D eigenvalue weighted by Crippen LogP contribution is -2.43. The van der Waals surface area contributed by atoms with Crippen molar-refractivity contribution in [3.63, 3.8) is 0 Å². The Balaban J connectivity index is 2.74. The summed E-state index contributed by atoms with van der Waals surface area (Å²) in [4.78, 5) is 10.3. The summed E-state index contributed by atoms with van der Waals surface area (Å²) in [6.45, 7) is 0. The van der Waals surface area contributed by atoms with Gasteiger partial charge in [-0.05, 0) is 12.8 Å². The Morgan fingerprint density at radius 1 is 1.78 bits per heavy atom. The molecule has 3 nitrogen and oxygen atoms in total. The zero-order valence-electron chi connectivity index (χ0n) is 5.00. The molecule has 0 aliphatic heterocycles. The highest BCUT2D eigenvalue weighted by Crippen LogP contribution is 2.19. The van der Waals surface area contributed by atoms with E-state index in [1.165, 1.54) is 0 Å². The van der Waals surface area contributed by atoms with Crippen LogP contribution in [0.1, 0.15) is 12.8 Å². The minimum atomic E-state index is -1.07. The number of aliphatic carboxylic acids is 1. The molecule has 0 heterocycles. The van der Waals surface area contributed by atoms with Crippen LogP contribution in [0.3, 0.4) is 0 Å². The van der Waals surface area contributed by atoms with Gasteiger partial charge in [0.25, 0.3) is 0 Å². The fourth-order valence-electron chi connectivity index (χ4n) is 0.877. The van der Waals surface area contributed by atoms with Crippen LogP contribution in [0.2, 0.25) is 0 Å². The molecule has 1 rings (SSSR count). The minimum absolute atomic E-state index is 0.530. The summed E-state index contributed by atoms with van der Waals surface area (Å²) < 4.78 is 0. The molecule has 0 saturated heterocycles. The summed E-state index contributed by atoms with van der Waals surface area (Å²) in [5.74, 6) is -0.934. The molecule has 0 spiro atoms. The molecule has 0 aromatic carbocycles. The fraction of sp³-hybridized carbons (Fsp3) is 0.500. The summed E-state index contributed by atoms with van der Waals surface area (Å²) in [6, 6.07) is 0. The molecule has 3 heteroatoms. The molecule has 1 atom stereocenters. The maximum atomic E-state index is 10.3. The summed E-state index contributed by atoms with van der Waals surface area (Å²) in [7, 11) is 0. The number of carboxylic acid groups (broad SMARTS) is 1. The molecule has 0 radical (unpaired) electrons. The van der Waals surface area contributed by atoms with E-state index in [0.717, 1.165) is 6.42 Å². The number of carbonyl (C=O) groups is 1. The van der Waals surface area contributed by atoms with Gasteiger partial charge in [-0.2, -0.15) is 0 Å². The molecular formula is C6H9NO2. The second kappa shape index (κ2) is 1.84. The molecule has 0 aromatic rings. The first kappa shape index (κ1) is 6.29. The van der Waals surface area contributed by atoms with E-state index in [2.05, 4.69) is 0 Å².